The van der Waals surface area contributed by atoms with Crippen LogP contribution in [0.15, 0.2) is 57.9 Å². The van der Waals surface area contributed by atoms with Crippen LogP contribution in [0, 0.1) is 0 Å². The summed E-state index contributed by atoms with van der Waals surface area (Å²) in [6.45, 7) is 0.664. The van der Waals surface area contributed by atoms with E-state index in [-0.39, 0.29) is 23.9 Å². The van der Waals surface area contributed by atoms with Crippen LogP contribution >= 0.6 is 15.9 Å². The Morgan fingerprint density at radius 3 is 2.59 bits per heavy atom. The zero-order chi connectivity index (χ0) is 21.0. The molecule has 29 heavy (non-hydrogen) atoms. The van der Waals surface area contributed by atoms with E-state index in [4.69, 9.17) is 0 Å². The number of amides is 2. The highest BCUT2D eigenvalue weighted by molar-refractivity contribution is 9.10. The Bertz CT molecular complexity index is 1010. The van der Waals surface area contributed by atoms with Crippen LogP contribution < -0.4 is 10.2 Å². The molecule has 7 nitrogen and oxygen atoms in total. The van der Waals surface area contributed by atoms with Gasteiger partial charge < -0.3 is 10.2 Å². The van der Waals surface area contributed by atoms with E-state index >= 15 is 0 Å². The Balaban J connectivity index is 1.58. The lowest BCUT2D eigenvalue weighted by molar-refractivity contribution is -0.121. The molecule has 0 aromatic heterocycles. The molecule has 0 saturated carbocycles. The number of rotatable bonds is 7. The number of likely N-dealkylation sites (N-methyl/N-ethyl adjacent to an activating group) is 1. The van der Waals surface area contributed by atoms with Crippen LogP contribution in [0.5, 0.6) is 0 Å². The predicted octanol–water partition coefficient (Wildman–Crippen LogP) is 2.51. The second-order valence-corrected chi connectivity index (χ2v) is 9.77. The fourth-order valence-corrected chi connectivity index (χ4v) is 4.48. The maximum absolute atomic E-state index is 12.6. The molecule has 1 aliphatic rings. The molecule has 0 spiro atoms. The van der Waals surface area contributed by atoms with Crippen LogP contribution in [0.2, 0.25) is 0 Å². The topological polar surface area (TPSA) is 86.8 Å². The molecule has 0 atom stereocenters. The summed E-state index contributed by atoms with van der Waals surface area (Å²) in [5.41, 5.74) is 1.66. The molecule has 1 heterocycles. The van der Waals surface area contributed by atoms with Gasteiger partial charge in [-0.05, 0) is 48.4 Å². The second kappa shape index (κ2) is 9.06. The van der Waals surface area contributed by atoms with Crippen molar-refractivity contribution in [3.8, 4) is 0 Å². The van der Waals surface area contributed by atoms with Crippen molar-refractivity contribution < 1.29 is 18.0 Å². The van der Waals surface area contributed by atoms with Gasteiger partial charge in [0.2, 0.25) is 21.8 Å². The molecule has 0 unspecified atom stereocenters. The molecule has 2 aromatic carbocycles. The highest BCUT2D eigenvalue weighted by atomic mass is 79.9. The minimum Gasteiger partial charge on any atom is -0.351 e. The summed E-state index contributed by atoms with van der Waals surface area (Å²) in [5, 5.41) is 2.74. The lowest BCUT2D eigenvalue weighted by Gasteiger charge is -2.18. The van der Waals surface area contributed by atoms with Crippen LogP contribution in [0.1, 0.15) is 18.4 Å². The lowest BCUT2D eigenvalue weighted by atomic mass is 10.2. The van der Waals surface area contributed by atoms with Crippen molar-refractivity contribution in [3.63, 3.8) is 0 Å². The maximum atomic E-state index is 12.6. The normalized spacial score (nSPS) is 14.4. The van der Waals surface area contributed by atoms with Gasteiger partial charge in [0, 0.05) is 36.7 Å². The summed E-state index contributed by atoms with van der Waals surface area (Å²) in [4.78, 5) is 26.0. The molecule has 1 saturated heterocycles. The average Bonchev–Trinajstić information content (AvgIpc) is 3.13. The highest BCUT2D eigenvalue weighted by Gasteiger charge is 2.23. The monoisotopic (exact) mass is 479 g/mol. The molecule has 9 heteroatoms. The van der Waals surface area contributed by atoms with Crippen LogP contribution in [0.25, 0.3) is 0 Å². The second-order valence-electron chi connectivity index (χ2n) is 6.81. The minimum atomic E-state index is -3.75. The van der Waals surface area contributed by atoms with Gasteiger partial charge in [-0.2, -0.15) is 4.31 Å². The molecule has 1 aliphatic heterocycles. The van der Waals surface area contributed by atoms with Crippen molar-refractivity contribution in [2.24, 2.45) is 0 Å². The summed E-state index contributed by atoms with van der Waals surface area (Å²) in [5.74, 6) is -0.304. The number of halogens is 1. The smallest absolute Gasteiger partial charge is 0.243 e. The van der Waals surface area contributed by atoms with Gasteiger partial charge in [0.25, 0.3) is 0 Å². The predicted molar refractivity (Wildman–Crippen MR) is 114 cm³/mol. The number of hydrogen-bond donors (Lipinski definition) is 1. The Labute approximate surface area is 178 Å². The molecule has 0 bridgehead atoms. The average molecular weight is 480 g/mol. The van der Waals surface area contributed by atoms with Crippen molar-refractivity contribution in [1.82, 2.24) is 9.62 Å². The largest absolute Gasteiger partial charge is 0.351 e. The van der Waals surface area contributed by atoms with Crippen molar-refractivity contribution in [3.05, 3.63) is 58.6 Å². The molecule has 0 radical (unpaired) electrons. The summed E-state index contributed by atoms with van der Waals surface area (Å²) in [6.07, 6.45) is 1.40. The lowest BCUT2D eigenvalue weighted by Crippen LogP contribution is -2.38. The number of benzene rings is 2. The first-order chi connectivity index (χ1) is 13.8. The van der Waals surface area contributed by atoms with Gasteiger partial charge in [-0.25, -0.2) is 8.42 Å². The molecule has 2 aromatic rings. The summed E-state index contributed by atoms with van der Waals surface area (Å²) in [7, 11) is -2.38. The van der Waals surface area contributed by atoms with Gasteiger partial charge in [0.05, 0.1) is 11.4 Å². The third-order valence-corrected chi connectivity index (χ3v) is 7.02. The van der Waals surface area contributed by atoms with E-state index in [2.05, 4.69) is 21.2 Å². The Morgan fingerprint density at radius 1 is 1.21 bits per heavy atom. The quantitative estimate of drug-likeness (QED) is 0.660. The van der Waals surface area contributed by atoms with Crippen LogP contribution in [0.4, 0.5) is 5.69 Å². The van der Waals surface area contributed by atoms with Crippen molar-refractivity contribution in [2.75, 3.05) is 25.0 Å². The Kier molecular flexibility index (Phi) is 6.71. The summed E-state index contributed by atoms with van der Waals surface area (Å²) < 4.78 is 26.9. The summed E-state index contributed by atoms with van der Waals surface area (Å²) in [6, 6.07) is 13.7. The molecular formula is C20H22BrN3O4S. The fourth-order valence-electron chi connectivity index (χ4n) is 3.09. The molecular weight excluding hydrogens is 458 g/mol. The SMILES string of the molecule is CN(CC(=O)NCc1cccc(N2CCCC2=O)c1)S(=O)(=O)c1ccc(Br)cc1. The van der Waals surface area contributed by atoms with Gasteiger partial charge in [-0.15, -0.1) is 0 Å². The van der Waals surface area contributed by atoms with Crippen molar-refractivity contribution in [1.29, 1.82) is 0 Å². The molecule has 2 amide bonds. The zero-order valence-electron chi connectivity index (χ0n) is 16.0. The van der Waals surface area contributed by atoms with Crippen LogP contribution in [-0.4, -0.2) is 44.7 Å². The van der Waals surface area contributed by atoms with Gasteiger partial charge in [0.1, 0.15) is 0 Å². The number of nitrogens with one attached hydrogen (secondary N) is 1. The van der Waals surface area contributed by atoms with Gasteiger partial charge in [-0.3, -0.25) is 9.59 Å². The van der Waals surface area contributed by atoms with E-state index in [0.29, 0.717) is 13.0 Å². The van der Waals surface area contributed by atoms with Gasteiger partial charge in [-0.1, -0.05) is 28.1 Å². The highest BCUT2D eigenvalue weighted by Crippen LogP contribution is 2.22. The van der Waals surface area contributed by atoms with Crippen molar-refractivity contribution in [2.45, 2.75) is 24.3 Å². The van der Waals surface area contributed by atoms with Crippen molar-refractivity contribution >= 4 is 43.5 Å². The maximum Gasteiger partial charge on any atom is 0.243 e. The van der Waals surface area contributed by atoms with E-state index in [1.165, 1.54) is 19.2 Å². The Morgan fingerprint density at radius 2 is 1.93 bits per heavy atom. The van der Waals surface area contributed by atoms with E-state index in [9.17, 15) is 18.0 Å². The molecule has 1 fully saturated rings. The molecule has 3 rings (SSSR count). The minimum absolute atomic E-state index is 0.103. The van der Waals surface area contributed by atoms with Crippen LogP contribution in [-0.2, 0) is 26.2 Å². The molecule has 154 valence electrons. The third-order valence-electron chi connectivity index (χ3n) is 4.67. The molecule has 0 aliphatic carbocycles. The van der Waals surface area contributed by atoms with E-state index in [0.717, 1.165) is 26.4 Å². The molecule has 1 N–H and O–H groups in total. The third kappa shape index (κ3) is 5.23. The van der Waals surface area contributed by atoms with E-state index in [1.807, 2.05) is 24.3 Å². The van der Waals surface area contributed by atoms with E-state index < -0.39 is 15.9 Å². The summed E-state index contributed by atoms with van der Waals surface area (Å²) >= 11 is 3.27. The zero-order valence-corrected chi connectivity index (χ0v) is 18.4. The van der Waals surface area contributed by atoms with Gasteiger partial charge >= 0.3 is 0 Å². The number of carbonyl (C=O) groups is 2. The Hall–Kier alpha value is -2.23. The number of hydrogen-bond acceptors (Lipinski definition) is 4. The first-order valence-corrected chi connectivity index (χ1v) is 11.4. The number of carbonyl (C=O) groups excluding carboxylic acids is 2. The first-order valence-electron chi connectivity index (χ1n) is 9.15. The standard InChI is InChI=1S/C20H22BrN3O4S/c1-23(29(27,28)18-9-7-16(21)8-10-18)14-19(25)22-13-15-4-2-5-17(12-15)24-11-3-6-20(24)26/h2,4-5,7-10,12H,3,6,11,13-14H2,1H3,(H,22,25). The van der Waals surface area contributed by atoms with Crippen LogP contribution in [0.3, 0.4) is 0 Å². The van der Waals surface area contributed by atoms with Gasteiger partial charge in [0.15, 0.2) is 0 Å². The first kappa shape index (κ1) is 21.5. The fraction of sp³-hybridized carbons (Fsp3) is 0.300. The number of nitrogens with zero attached hydrogens (tertiary/aromatic N) is 2. The number of sulfonamides is 1. The number of anilines is 1. The van der Waals surface area contributed by atoms with E-state index in [1.54, 1.807) is 17.0 Å².